The molecule has 0 fully saturated rings. The summed E-state index contributed by atoms with van der Waals surface area (Å²) in [6.45, 7) is 7.89. The fourth-order valence-electron chi connectivity index (χ4n) is 2.07. The van der Waals surface area contributed by atoms with Gasteiger partial charge in [0.25, 0.3) is 0 Å². The van der Waals surface area contributed by atoms with Crippen LogP contribution in [0.4, 0.5) is 0 Å². The molecule has 110 valence electrons. The normalized spacial score (nSPS) is 12.9. The van der Waals surface area contributed by atoms with Crippen LogP contribution in [-0.2, 0) is 16.0 Å². The monoisotopic (exact) mass is 271 g/mol. The molecule has 0 saturated carbocycles. The molecule has 0 radical (unpaired) electrons. The van der Waals surface area contributed by atoms with Crippen molar-refractivity contribution in [2.75, 3.05) is 27.4 Å². The quantitative estimate of drug-likeness (QED) is 0.691. The first-order valence-electron chi connectivity index (χ1n) is 6.73. The van der Waals surface area contributed by atoms with E-state index in [4.69, 9.17) is 14.2 Å². The molecule has 0 spiro atoms. The van der Waals surface area contributed by atoms with Gasteiger partial charge in [-0.15, -0.1) is 0 Å². The maximum Gasteiger partial charge on any atom is 0.178 e. The largest absolute Gasteiger partial charge is 0.493 e. The first-order valence-corrected chi connectivity index (χ1v) is 6.73. The molecule has 0 aliphatic heterocycles. The van der Waals surface area contributed by atoms with Crippen molar-refractivity contribution in [1.82, 2.24) is 15.1 Å². The van der Waals surface area contributed by atoms with Crippen LogP contribution in [0, 0.1) is 0 Å². The second-order valence-electron chi connectivity index (χ2n) is 3.96. The molecule has 0 amide bonds. The smallest absolute Gasteiger partial charge is 0.178 e. The Kier molecular flexibility index (Phi) is 6.83. The number of nitrogens with one attached hydrogen (secondary N) is 1. The first-order chi connectivity index (χ1) is 9.23. The Morgan fingerprint density at radius 3 is 2.32 bits per heavy atom. The molecule has 1 aromatic rings. The average molecular weight is 271 g/mol. The van der Waals surface area contributed by atoms with Gasteiger partial charge in [0.05, 0.1) is 13.3 Å². The molecule has 6 heteroatoms. The van der Waals surface area contributed by atoms with Gasteiger partial charge in [-0.05, 0) is 27.8 Å². The van der Waals surface area contributed by atoms with E-state index in [1.54, 1.807) is 13.3 Å². The van der Waals surface area contributed by atoms with Crippen molar-refractivity contribution in [2.45, 2.75) is 39.6 Å². The standard InChI is InChI=1S/C13H25N3O3/c1-6-16-12(10(17-5)9-15-16)11(14-4)13(18-7-2)19-8-3/h9,11,13-14H,6-8H2,1-5H3. The van der Waals surface area contributed by atoms with Crippen LogP contribution in [0.2, 0.25) is 0 Å². The lowest BCUT2D eigenvalue weighted by molar-refractivity contribution is -0.155. The predicted molar refractivity (Wildman–Crippen MR) is 73.3 cm³/mol. The highest BCUT2D eigenvalue weighted by Crippen LogP contribution is 2.28. The average Bonchev–Trinajstić information content (AvgIpc) is 2.83. The summed E-state index contributed by atoms with van der Waals surface area (Å²) in [7, 11) is 3.52. The maximum atomic E-state index is 5.68. The zero-order chi connectivity index (χ0) is 14.3. The highest BCUT2D eigenvalue weighted by atomic mass is 16.7. The minimum absolute atomic E-state index is 0.128. The molecule has 1 aromatic heterocycles. The van der Waals surface area contributed by atoms with Gasteiger partial charge in [0.15, 0.2) is 12.0 Å². The van der Waals surface area contributed by atoms with E-state index in [1.807, 2.05) is 32.5 Å². The zero-order valence-corrected chi connectivity index (χ0v) is 12.5. The Morgan fingerprint density at radius 1 is 1.26 bits per heavy atom. The third-order valence-electron chi connectivity index (χ3n) is 2.90. The number of aromatic nitrogens is 2. The minimum Gasteiger partial charge on any atom is -0.493 e. The molecule has 1 atom stereocenters. The molecule has 0 saturated heterocycles. The summed E-state index contributed by atoms with van der Waals surface area (Å²) in [6.07, 6.45) is 1.36. The number of likely N-dealkylation sites (N-methyl/N-ethyl adjacent to an activating group) is 1. The number of methoxy groups -OCH3 is 1. The van der Waals surface area contributed by atoms with Gasteiger partial charge in [-0.1, -0.05) is 0 Å². The van der Waals surface area contributed by atoms with Gasteiger partial charge >= 0.3 is 0 Å². The van der Waals surface area contributed by atoms with Crippen LogP contribution in [-0.4, -0.2) is 43.4 Å². The SMILES string of the molecule is CCOC(OCC)C(NC)c1c(OC)cnn1CC. The van der Waals surface area contributed by atoms with Crippen molar-refractivity contribution in [3.63, 3.8) is 0 Å². The van der Waals surface area contributed by atoms with Gasteiger partial charge < -0.3 is 19.5 Å². The van der Waals surface area contributed by atoms with E-state index in [0.717, 1.165) is 18.0 Å². The van der Waals surface area contributed by atoms with Crippen LogP contribution in [0.15, 0.2) is 6.20 Å². The number of hydrogen-bond acceptors (Lipinski definition) is 5. The predicted octanol–water partition coefficient (Wildman–Crippen LogP) is 1.57. The summed E-state index contributed by atoms with van der Waals surface area (Å²) in [5.74, 6) is 0.741. The van der Waals surface area contributed by atoms with Crippen molar-refractivity contribution >= 4 is 0 Å². The van der Waals surface area contributed by atoms with Crippen molar-refractivity contribution in [3.8, 4) is 5.75 Å². The second-order valence-corrected chi connectivity index (χ2v) is 3.96. The Bertz CT molecular complexity index is 341. The Morgan fingerprint density at radius 2 is 1.89 bits per heavy atom. The van der Waals surface area contributed by atoms with E-state index in [9.17, 15) is 0 Å². The van der Waals surface area contributed by atoms with Crippen LogP contribution in [0.25, 0.3) is 0 Å². The first kappa shape index (κ1) is 15.9. The third-order valence-corrected chi connectivity index (χ3v) is 2.90. The van der Waals surface area contributed by atoms with Gasteiger partial charge in [-0.3, -0.25) is 4.68 Å². The molecule has 0 bridgehead atoms. The van der Waals surface area contributed by atoms with E-state index < -0.39 is 0 Å². The van der Waals surface area contributed by atoms with Crippen molar-refractivity contribution in [2.24, 2.45) is 0 Å². The van der Waals surface area contributed by atoms with Crippen molar-refractivity contribution in [3.05, 3.63) is 11.9 Å². The van der Waals surface area contributed by atoms with Crippen LogP contribution in [0.3, 0.4) is 0 Å². The number of rotatable bonds is 9. The van der Waals surface area contributed by atoms with Gasteiger partial charge in [0.2, 0.25) is 0 Å². The molecule has 1 N–H and O–H groups in total. The van der Waals surface area contributed by atoms with Gasteiger partial charge in [0.1, 0.15) is 11.7 Å². The Balaban J connectivity index is 3.08. The number of nitrogens with zero attached hydrogens (tertiary/aromatic N) is 2. The fourth-order valence-corrected chi connectivity index (χ4v) is 2.07. The molecule has 1 unspecified atom stereocenters. The molecule has 1 rings (SSSR count). The molecule has 6 nitrogen and oxygen atoms in total. The van der Waals surface area contributed by atoms with Gasteiger partial charge in [0, 0.05) is 19.8 Å². The summed E-state index contributed by atoms with van der Waals surface area (Å²) < 4.78 is 18.6. The maximum absolute atomic E-state index is 5.68. The lowest BCUT2D eigenvalue weighted by Gasteiger charge is -2.27. The highest BCUT2D eigenvalue weighted by Gasteiger charge is 2.29. The van der Waals surface area contributed by atoms with Crippen LogP contribution >= 0.6 is 0 Å². The minimum atomic E-state index is -0.365. The Hall–Kier alpha value is -1.11. The summed E-state index contributed by atoms with van der Waals surface area (Å²) in [5.41, 5.74) is 0.944. The number of aryl methyl sites for hydroxylation is 1. The van der Waals surface area contributed by atoms with Gasteiger partial charge in [-0.2, -0.15) is 5.10 Å². The topological polar surface area (TPSA) is 57.5 Å². The zero-order valence-electron chi connectivity index (χ0n) is 12.5. The fraction of sp³-hybridized carbons (Fsp3) is 0.769. The molecule has 1 heterocycles. The van der Waals surface area contributed by atoms with E-state index >= 15 is 0 Å². The van der Waals surface area contributed by atoms with E-state index in [1.165, 1.54) is 0 Å². The molecular weight excluding hydrogens is 246 g/mol. The van der Waals surface area contributed by atoms with E-state index in [2.05, 4.69) is 10.4 Å². The van der Waals surface area contributed by atoms with Crippen molar-refractivity contribution in [1.29, 1.82) is 0 Å². The van der Waals surface area contributed by atoms with Crippen LogP contribution in [0.5, 0.6) is 5.75 Å². The molecule has 0 aliphatic rings. The van der Waals surface area contributed by atoms with E-state index in [0.29, 0.717) is 13.2 Å². The van der Waals surface area contributed by atoms with E-state index in [-0.39, 0.29) is 12.3 Å². The molecular formula is C13H25N3O3. The lowest BCUT2D eigenvalue weighted by atomic mass is 10.2. The van der Waals surface area contributed by atoms with Gasteiger partial charge in [-0.25, -0.2) is 0 Å². The van der Waals surface area contributed by atoms with Crippen LogP contribution < -0.4 is 10.1 Å². The molecule has 0 aromatic carbocycles. The number of ether oxygens (including phenoxy) is 3. The van der Waals surface area contributed by atoms with Crippen LogP contribution in [0.1, 0.15) is 32.5 Å². The summed E-state index contributed by atoms with van der Waals surface area (Å²) in [5, 5.41) is 7.55. The van der Waals surface area contributed by atoms with Crippen molar-refractivity contribution < 1.29 is 14.2 Å². The summed E-state index contributed by atoms with van der Waals surface area (Å²) >= 11 is 0. The summed E-state index contributed by atoms with van der Waals surface area (Å²) in [6, 6.07) is -0.128. The molecule has 0 aliphatic carbocycles. The third kappa shape index (κ3) is 3.68. The molecule has 19 heavy (non-hydrogen) atoms. The second kappa shape index (κ2) is 8.14. The number of hydrogen-bond donors (Lipinski definition) is 1. The highest BCUT2D eigenvalue weighted by molar-refractivity contribution is 5.28. The Labute approximate surface area is 115 Å². The lowest BCUT2D eigenvalue weighted by Crippen LogP contribution is -2.35. The summed E-state index contributed by atoms with van der Waals surface area (Å²) in [4.78, 5) is 0.